The van der Waals surface area contributed by atoms with Crippen LogP contribution >= 0.6 is 11.3 Å². The molecule has 1 N–H and O–H groups in total. The van der Waals surface area contributed by atoms with Gasteiger partial charge in [0.05, 0.1) is 15.9 Å². The fourth-order valence-electron chi connectivity index (χ4n) is 1.73. The largest absolute Gasteiger partial charge is 0.277 e. The highest BCUT2D eigenvalue weighted by atomic mass is 32.1. The Morgan fingerprint density at radius 2 is 1.85 bits per heavy atom. The molecule has 0 saturated heterocycles. The van der Waals surface area contributed by atoms with Crippen LogP contribution in [0.4, 0.5) is 5.69 Å². The molecule has 20 heavy (non-hydrogen) atoms. The van der Waals surface area contributed by atoms with Gasteiger partial charge in [-0.15, -0.1) is 11.3 Å². The molecule has 0 fully saturated rings. The maximum absolute atomic E-state index is 9.23. The van der Waals surface area contributed by atoms with Crippen molar-refractivity contribution in [2.75, 3.05) is 5.43 Å². The lowest BCUT2D eigenvalue weighted by atomic mass is 10.3. The van der Waals surface area contributed by atoms with Gasteiger partial charge in [0.2, 0.25) is 0 Å². The van der Waals surface area contributed by atoms with E-state index in [0.717, 1.165) is 15.9 Å². The molecule has 1 heterocycles. The molecule has 0 aliphatic rings. The minimum Gasteiger partial charge on any atom is -0.277 e. The number of fused-ring (bicyclic) bond motifs is 1. The zero-order chi connectivity index (χ0) is 13.8. The Hall–Kier alpha value is -2.71. The van der Waals surface area contributed by atoms with Crippen molar-refractivity contribution in [3.8, 4) is 6.07 Å². The van der Waals surface area contributed by atoms with Gasteiger partial charge in [0.1, 0.15) is 6.07 Å². The van der Waals surface area contributed by atoms with Crippen LogP contribution in [0.1, 0.15) is 5.01 Å². The van der Waals surface area contributed by atoms with E-state index in [2.05, 4.69) is 21.6 Å². The van der Waals surface area contributed by atoms with Crippen LogP contribution in [0.2, 0.25) is 0 Å². The van der Waals surface area contributed by atoms with Crippen molar-refractivity contribution in [1.29, 1.82) is 5.26 Å². The zero-order valence-electron chi connectivity index (χ0n) is 10.4. The van der Waals surface area contributed by atoms with Crippen LogP contribution in [0.3, 0.4) is 0 Å². The van der Waals surface area contributed by atoms with E-state index in [1.807, 2.05) is 54.6 Å². The molecular weight excluding hydrogens is 268 g/mol. The van der Waals surface area contributed by atoms with Crippen LogP contribution in [0.25, 0.3) is 10.2 Å². The summed E-state index contributed by atoms with van der Waals surface area (Å²) in [6, 6.07) is 19.4. The number of hydrazone groups is 1. The number of para-hydroxylation sites is 2. The molecular formula is C15H10N4S. The van der Waals surface area contributed by atoms with Crippen LogP contribution < -0.4 is 5.43 Å². The Morgan fingerprint density at radius 3 is 2.60 bits per heavy atom. The molecule has 0 saturated carbocycles. The van der Waals surface area contributed by atoms with E-state index in [0.29, 0.717) is 5.01 Å². The molecule has 2 aromatic carbocycles. The Morgan fingerprint density at radius 1 is 1.10 bits per heavy atom. The van der Waals surface area contributed by atoms with Crippen molar-refractivity contribution in [2.24, 2.45) is 5.10 Å². The number of aromatic nitrogens is 1. The standard InChI is InChI=1S/C15H10N4S/c16-10-13(19-18-11-6-2-1-3-7-11)15-17-12-8-4-5-9-14(12)20-15/h1-9,18H/b19-13-. The van der Waals surface area contributed by atoms with Gasteiger partial charge < -0.3 is 0 Å². The fourth-order valence-corrected chi connectivity index (χ4v) is 2.63. The molecule has 0 aliphatic carbocycles. The first-order chi connectivity index (χ1) is 9.86. The van der Waals surface area contributed by atoms with E-state index in [1.165, 1.54) is 11.3 Å². The summed E-state index contributed by atoms with van der Waals surface area (Å²) in [5, 5.41) is 14.0. The summed E-state index contributed by atoms with van der Waals surface area (Å²) in [7, 11) is 0. The summed E-state index contributed by atoms with van der Waals surface area (Å²) >= 11 is 1.46. The van der Waals surface area contributed by atoms with Gasteiger partial charge in [0.25, 0.3) is 0 Å². The molecule has 0 bridgehead atoms. The molecule has 1 aromatic heterocycles. The number of hydrogen-bond acceptors (Lipinski definition) is 5. The first-order valence-electron chi connectivity index (χ1n) is 6.01. The molecule has 4 nitrogen and oxygen atoms in total. The molecule has 5 heteroatoms. The summed E-state index contributed by atoms with van der Waals surface area (Å²) in [6.45, 7) is 0. The van der Waals surface area contributed by atoms with Gasteiger partial charge in [-0.05, 0) is 24.3 Å². The highest BCUT2D eigenvalue weighted by molar-refractivity contribution is 7.20. The summed E-state index contributed by atoms with van der Waals surface area (Å²) in [5.74, 6) is 0. The van der Waals surface area contributed by atoms with E-state index >= 15 is 0 Å². The third-order valence-corrected chi connectivity index (χ3v) is 3.72. The van der Waals surface area contributed by atoms with Crippen LogP contribution in [-0.4, -0.2) is 10.7 Å². The predicted octanol–water partition coefficient (Wildman–Crippen LogP) is 3.64. The summed E-state index contributed by atoms with van der Waals surface area (Å²) in [6.07, 6.45) is 0. The maximum Gasteiger partial charge on any atom is 0.196 e. The molecule has 96 valence electrons. The number of nitrogens with zero attached hydrogens (tertiary/aromatic N) is 3. The molecule has 0 aliphatic heterocycles. The van der Waals surface area contributed by atoms with Crippen molar-refractivity contribution in [3.05, 3.63) is 59.6 Å². The number of benzene rings is 2. The Kier molecular flexibility index (Phi) is 3.40. The van der Waals surface area contributed by atoms with Crippen molar-refractivity contribution in [1.82, 2.24) is 4.98 Å². The topological polar surface area (TPSA) is 61.1 Å². The summed E-state index contributed by atoms with van der Waals surface area (Å²) < 4.78 is 1.05. The number of rotatable bonds is 3. The Labute approximate surface area is 120 Å². The number of anilines is 1. The zero-order valence-corrected chi connectivity index (χ0v) is 11.3. The maximum atomic E-state index is 9.23. The van der Waals surface area contributed by atoms with Crippen LogP contribution in [0, 0.1) is 11.3 Å². The molecule has 0 radical (unpaired) electrons. The van der Waals surface area contributed by atoms with Gasteiger partial charge in [-0.2, -0.15) is 10.4 Å². The average Bonchev–Trinajstić information content (AvgIpc) is 2.92. The van der Waals surface area contributed by atoms with Crippen LogP contribution in [0.15, 0.2) is 59.7 Å². The molecule has 0 amide bonds. The van der Waals surface area contributed by atoms with Crippen molar-refractivity contribution in [3.63, 3.8) is 0 Å². The Bertz CT molecular complexity index is 766. The molecule has 3 aromatic rings. The van der Waals surface area contributed by atoms with Gasteiger partial charge in [0.15, 0.2) is 10.7 Å². The van der Waals surface area contributed by atoms with E-state index in [4.69, 9.17) is 0 Å². The van der Waals surface area contributed by atoms with E-state index in [9.17, 15) is 5.26 Å². The van der Waals surface area contributed by atoms with Crippen LogP contribution in [-0.2, 0) is 0 Å². The van der Waals surface area contributed by atoms with Crippen molar-refractivity contribution < 1.29 is 0 Å². The normalized spacial score (nSPS) is 11.2. The monoisotopic (exact) mass is 278 g/mol. The minimum atomic E-state index is 0.287. The first-order valence-corrected chi connectivity index (χ1v) is 6.83. The second-order valence-corrected chi connectivity index (χ2v) is 5.07. The van der Waals surface area contributed by atoms with Gasteiger partial charge in [-0.25, -0.2) is 4.98 Å². The summed E-state index contributed by atoms with van der Waals surface area (Å²) in [5.41, 5.74) is 4.88. The minimum absolute atomic E-state index is 0.287. The average molecular weight is 278 g/mol. The van der Waals surface area contributed by atoms with Gasteiger partial charge in [-0.1, -0.05) is 30.3 Å². The first kappa shape index (κ1) is 12.3. The van der Waals surface area contributed by atoms with Crippen molar-refractivity contribution in [2.45, 2.75) is 0 Å². The molecule has 3 rings (SSSR count). The lowest BCUT2D eigenvalue weighted by Gasteiger charge is -1.98. The van der Waals surface area contributed by atoms with Gasteiger partial charge in [0, 0.05) is 0 Å². The number of hydrogen-bond donors (Lipinski definition) is 1. The molecule has 0 atom stereocenters. The third kappa shape index (κ3) is 2.51. The molecule has 0 spiro atoms. The van der Waals surface area contributed by atoms with Gasteiger partial charge in [-0.3, -0.25) is 5.43 Å². The predicted molar refractivity (Wildman–Crippen MR) is 81.8 cm³/mol. The number of nitrogens with one attached hydrogen (secondary N) is 1. The highest BCUT2D eigenvalue weighted by Gasteiger charge is 2.09. The van der Waals surface area contributed by atoms with Crippen molar-refractivity contribution >= 4 is 33.0 Å². The smallest absolute Gasteiger partial charge is 0.196 e. The van der Waals surface area contributed by atoms with Gasteiger partial charge >= 0.3 is 0 Å². The Balaban J connectivity index is 1.91. The molecule has 0 unspecified atom stereocenters. The fraction of sp³-hybridized carbons (Fsp3) is 0. The third-order valence-electron chi connectivity index (χ3n) is 2.67. The second kappa shape index (κ2) is 5.51. The number of thiazole rings is 1. The lowest BCUT2D eigenvalue weighted by molar-refractivity contribution is 1.32. The lowest BCUT2D eigenvalue weighted by Crippen LogP contribution is -2.00. The quantitative estimate of drug-likeness (QED) is 0.587. The number of nitriles is 1. The van der Waals surface area contributed by atoms with Crippen LogP contribution in [0.5, 0.6) is 0 Å². The highest BCUT2D eigenvalue weighted by Crippen LogP contribution is 2.22. The SMILES string of the molecule is N#C/C(=N/Nc1ccccc1)c1nc2ccccc2s1. The van der Waals surface area contributed by atoms with E-state index in [-0.39, 0.29) is 5.71 Å². The van der Waals surface area contributed by atoms with E-state index in [1.54, 1.807) is 0 Å². The van der Waals surface area contributed by atoms with E-state index < -0.39 is 0 Å². The summed E-state index contributed by atoms with van der Waals surface area (Å²) in [4.78, 5) is 4.42. The second-order valence-electron chi connectivity index (χ2n) is 4.04.